The minimum absolute atomic E-state index is 0.00148. The van der Waals surface area contributed by atoms with E-state index in [1.165, 1.54) is 11.1 Å². The standard InChI is InChI=1S/C24H19NO2S.C21H29NO2S.C20H27NO2S.C18H23NO2S.C14H23NO2S.C10H15NO2S/c26-28(27,24-16-14-21(15-17-24)19-8-3-1-4-9-19)25-23-13-7-12-22(18-23)20-10-5-2-6-11-20;1-14(2)17-12-19(15(3)4)21(20(13-17)16(5)6)25(23,24)22-18-10-8-7-9-11-18;1-19(2,3)15-7-11-17(12-8-15)21-24(22,23)18-13-9-16(10-14-18)20(4,5)6;1-11-7-13(3)17(14(4)8-11)19-22(20,21)18-15(5)9-12(2)10-16(18)6;1-3-5-7-12-14(4-2)18(16,17)15-13-10-8-6-9-11-13;1-3-9(2)11-14(12,13)10-7-5-4-6-8-10/h1-18,25H;7-16,22H,1-6H3;7-14,21H,1-6H3;7-10,19H,1-6H3;6,8-11,14-15H,3-5,7,12H2,1-2H3;4-9,11H,3H2,1-2H3. The van der Waals surface area contributed by atoms with Gasteiger partial charge in [-0.15, -0.1) is 0 Å². The van der Waals surface area contributed by atoms with Gasteiger partial charge in [0.05, 0.1) is 35.4 Å². The Hall–Kier alpha value is -10.7. The molecular formula is C107H136N6O12S6. The summed E-state index contributed by atoms with van der Waals surface area (Å²) in [5.41, 5.74) is 17.9. The maximum atomic E-state index is 13.2. The number of aryl methyl sites for hydroxylation is 6. The molecule has 12 aromatic rings. The number of benzene rings is 12. The fourth-order valence-corrected chi connectivity index (χ4v) is 22.9. The van der Waals surface area contributed by atoms with Crippen LogP contribution in [0.4, 0.5) is 28.4 Å². The molecule has 2 unspecified atom stereocenters. The summed E-state index contributed by atoms with van der Waals surface area (Å²) < 4.78 is 167. The molecule has 0 aliphatic rings. The molecule has 131 heavy (non-hydrogen) atoms. The van der Waals surface area contributed by atoms with Crippen molar-refractivity contribution in [1.82, 2.24) is 4.72 Å². The Kier molecular flexibility index (Phi) is 39.4. The Balaban J connectivity index is 0.000000217. The van der Waals surface area contributed by atoms with Crippen molar-refractivity contribution in [2.24, 2.45) is 0 Å². The van der Waals surface area contributed by atoms with Gasteiger partial charge in [-0.25, -0.2) is 55.2 Å². The zero-order valence-electron chi connectivity index (χ0n) is 80.1. The smallest absolute Gasteiger partial charge is 0.262 e. The summed E-state index contributed by atoms with van der Waals surface area (Å²) >= 11 is 0. The van der Waals surface area contributed by atoms with E-state index in [0.717, 1.165) is 104 Å². The van der Waals surface area contributed by atoms with Crippen LogP contribution in [0.25, 0.3) is 22.3 Å². The second-order valence-electron chi connectivity index (χ2n) is 36.0. The molecule has 24 heteroatoms. The number of sulfonamides is 6. The van der Waals surface area contributed by atoms with Crippen LogP contribution in [0, 0.1) is 41.5 Å². The second-order valence-corrected chi connectivity index (χ2v) is 46.3. The first-order valence-corrected chi connectivity index (χ1v) is 53.5. The molecule has 0 amide bonds. The van der Waals surface area contributed by atoms with Crippen molar-refractivity contribution < 1.29 is 50.5 Å². The van der Waals surface area contributed by atoms with E-state index in [2.05, 4.69) is 103 Å². The van der Waals surface area contributed by atoms with Crippen LogP contribution in [0.5, 0.6) is 0 Å². The fraction of sp³-hybridized carbons (Fsp3) is 0.327. The number of hydrogen-bond acceptors (Lipinski definition) is 12. The van der Waals surface area contributed by atoms with Crippen LogP contribution in [0.2, 0.25) is 0 Å². The Labute approximate surface area is 785 Å². The fourth-order valence-electron chi connectivity index (χ4n) is 14.5. The van der Waals surface area contributed by atoms with Crippen molar-refractivity contribution in [1.29, 1.82) is 0 Å². The minimum atomic E-state index is -3.66. The summed E-state index contributed by atoms with van der Waals surface area (Å²) in [6.45, 7) is 44.5. The highest BCUT2D eigenvalue weighted by Crippen LogP contribution is 2.38. The van der Waals surface area contributed by atoms with Crippen LogP contribution < -0.4 is 28.3 Å². The molecule has 0 saturated carbocycles. The number of para-hydroxylation sites is 2. The van der Waals surface area contributed by atoms with Gasteiger partial charge in [0.25, 0.3) is 40.1 Å². The topological polar surface area (TPSA) is 277 Å². The molecule has 6 N–H and O–H groups in total. The first-order chi connectivity index (χ1) is 61.4. The lowest BCUT2D eigenvalue weighted by molar-refractivity contribution is 0.555. The molecule has 0 bridgehead atoms. The first kappa shape index (κ1) is 107. The quantitative estimate of drug-likeness (QED) is 0.0239. The Morgan fingerprint density at radius 2 is 0.649 bits per heavy atom. The van der Waals surface area contributed by atoms with Gasteiger partial charge in [0.2, 0.25) is 20.0 Å². The Morgan fingerprint density at radius 3 is 1.07 bits per heavy atom. The highest BCUT2D eigenvalue weighted by molar-refractivity contribution is 7.94. The predicted molar refractivity (Wildman–Crippen MR) is 547 cm³/mol. The summed E-state index contributed by atoms with van der Waals surface area (Å²) in [6.07, 6.45) is 5.37. The van der Waals surface area contributed by atoms with E-state index in [9.17, 15) is 50.5 Å². The number of nitrogens with one attached hydrogen (secondary N) is 6. The van der Waals surface area contributed by atoms with E-state index >= 15 is 0 Å². The summed E-state index contributed by atoms with van der Waals surface area (Å²) in [5, 5.41) is -0.288. The van der Waals surface area contributed by atoms with Crippen LogP contribution in [-0.2, 0) is 71.0 Å². The third-order valence-corrected chi connectivity index (χ3v) is 31.3. The molecular weight excluding hydrogens is 1750 g/mol. The third-order valence-electron chi connectivity index (χ3n) is 21.8. The highest BCUT2D eigenvalue weighted by atomic mass is 32.2. The lowest BCUT2D eigenvalue weighted by Gasteiger charge is -2.23. The summed E-state index contributed by atoms with van der Waals surface area (Å²) in [5.74, 6) is 0.603. The molecule has 0 aliphatic heterocycles. The minimum Gasteiger partial charge on any atom is -0.283 e. The van der Waals surface area contributed by atoms with Gasteiger partial charge in [0.15, 0.2) is 0 Å². The van der Waals surface area contributed by atoms with Crippen LogP contribution in [0.1, 0.15) is 228 Å². The van der Waals surface area contributed by atoms with Crippen LogP contribution in [0.3, 0.4) is 0 Å². The lowest BCUT2D eigenvalue weighted by atomic mass is 9.87. The van der Waals surface area contributed by atoms with Gasteiger partial charge in [0, 0.05) is 28.8 Å². The highest BCUT2D eigenvalue weighted by Gasteiger charge is 2.29. The molecule has 12 rings (SSSR count). The molecule has 0 aromatic heterocycles. The molecule has 0 aliphatic carbocycles. The maximum Gasteiger partial charge on any atom is 0.262 e. The number of hydrogen-bond donors (Lipinski definition) is 6. The van der Waals surface area contributed by atoms with E-state index in [1.54, 1.807) is 84.9 Å². The molecule has 0 saturated heterocycles. The van der Waals surface area contributed by atoms with E-state index < -0.39 is 60.1 Å². The lowest BCUT2D eigenvalue weighted by Crippen LogP contribution is -2.31. The Morgan fingerprint density at radius 1 is 0.298 bits per heavy atom. The van der Waals surface area contributed by atoms with Gasteiger partial charge < -0.3 is 0 Å². The summed E-state index contributed by atoms with van der Waals surface area (Å²) in [4.78, 5) is 1.64. The zero-order chi connectivity index (χ0) is 97.0. The van der Waals surface area contributed by atoms with Gasteiger partial charge in [-0.1, -0.05) is 334 Å². The average Bonchev–Trinajstić information content (AvgIpc) is 0.765. The molecule has 18 nitrogen and oxygen atoms in total. The number of anilines is 5. The van der Waals surface area contributed by atoms with E-state index in [1.807, 2.05) is 278 Å². The van der Waals surface area contributed by atoms with Crippen molar-refractivity contribution in [3.63, 3.8) is 0 Å². The van der Waals surface area contributed by atoms with E-state index in [0.29, 0.717) is 55.5 Å². The number of rotatable bonds is 29. The van der Waals surface area contributed by atoms with Crippen molar-refractivity contribution in [2.75, 3.05) is 23.6 Å². The first-order valence-electron chi connectivity index (χ1n) is 44.6. The van der Waals surface area contributed by atoms with Crippen LogP contribution >= 0.6 is 0 Å². The van der Waals surface area contributed by atoms with Crippen molar-refractivity contribution >= 4 is 88.6 Å². The summed E-state index contributed by atoms with van der Waals surface area (Å²) in [7, 11) is -21.1. The molecule has 0 fully saturated rings. The van der Waals surface area contributed by atoms with Gasteiger partial charge in [-0.2, -0.15) is 0 Å². The van der Waals surface area contributed by atoms with E-state index in [4.69, 9.17) is 0 Å². The van der Waals surface area contributed by atoms with Crippen molar-refractivity contribution in [3.05, 3.63) is 346 Å². The molecule has 12 aromatic carbocycles. The van der Waals surface area contributed by atoms with E-state index in [-0.39, 0.29) is 43.7 Å². The Bertz CT molecular complexity index is 6330. The SMILES string of the molecule is CC(C)(C)c1ccc(NS(=O)(=O)c2ccc(C(C)(C)C)cc2)cc1.CC(C)c1cc(C(C)C)c(S(=O)(=O)Nc2ccccc2)c(C(C)C)c1.CCC(C)NS(=O)(=O)c1ccccc1.CCCCCC(CC)S(=O)(=O)Nc1ccccc1.Cc1cc(C)c(NS(=O)(=O)c2c(C)cc(C)cc2C)c(C)c1.O=S(=O)(Nc1cccc(-c2ccccc2)c1)c1ccc(-c2ccccc2)cc1. The molecule has 0 spiro atoms. The van der Waals surface area contributed by atoms with Crippen molar-refractivity contribution in [2.45, 2.75) is 255 Å². The third kappa shape index (κ3) is 32.6. The molecule has 0 radical (unpaired) electrons. The monoisotopic (exact) mass is 1890 g/mol. The second kappa shape index (κ2) is 48.1. The molecule has 702 valence electrons. The maximum absolute atomic E-state index is 13.2. The zero-order valence-corrected chi connectivity index (χ0v) is 85.0. The molecule has 0 heterocycles. The van der Waals surface area contributed by atoms with Gasteiger partial charge in [-0.05, 0) is 254 Å². The largest absolute Gasteiger partial charge is 0.283 e. The van der Waals surface area contributed by atoms with Crippen molar-refractivity contribution in [3.8, 4) is 22.3 Å². The average molecular weight is 1890 g/mol. The molecule has 2 atom stereocenters. The van der Waals surface area contributed by atoms with Crippen LogP contribution in [-0.4, -0.2) is 61.8 Å². The van der Waals surface area contributed by atoms with Gasteiger partial charge in [-0.3, -0.25) is 23.6 Å². The summed E-state index contributed by atoms with van der Waals surface area (Å²) in [6, 6.07) is 87.0. The van der Waals surface area contributed by atoms with Gasteiger partial charge in [0.1, 0.15) is 0 Å². The predicted octanol–water partition coefficient (Wildman–Crippen LogP) is 26.6. The normalized spacial score (nSPS) is 12.3. The van der Waals surface area contributed by atoms with Gasteiger partial charge >= 0.3 is 0 Å². The number of unbranched alkanes of at least 4 members (excludes halogenated alkanes) is 2. The van der Waals surface area contributed by atoms with Crippen LogP contribution in [0.15, 0.2) is 310 Å².